The van der Waals surface area contributed by atoms with Crippen LogP contribution in [0, 0.1) is 0 Å². The first-order chi connectivity index (χ1) is 10.1. The molecule has 0 saturated carbocycles. The van der Waals surface area contributed by atoms with E-state index in [0.717, 1.165) is 22.1 Å². The van der Waals surface area contributed by atoms with Crippen LogP contribution in [0.1, 0.15) is 37.3 Å². The van der Waals surface area contributed by atoms with E-state index < -0.39 is 0 Å². The molecule has 0 bridgehead atoms. The fourth-order valence-electron chi connectivity index (χ4n) is 2.28. The summed E-state index contributed by atoms with van der Waals surface area (Å²) < 4.78 is 1.05. The highest BCUT2D eigenvalue weighted by atomic mass is 79.9. The zero-order chi connectivity index (χ0) is 15.2. The summed E-state index contributed by atoms with van der Waals surface area (Å²) in [7, 11) is 0. The van der Waals surface area contributed by atoms with E-state index in [1.807, 2.05) is 36.4 Å². The lowest BCUT2D eigenvalue weighted by molar-refractivity contribution is -0.116. The van der Waals surface area contributed by atoms with Crippen LogP contribution in [0.4, 0.5) is 5.69 Å². The number of carbonyl (C=O) groups excluding carboxylic acids is 1. The van der Waals surface area contributed by atoms with Crippen molar-refractivity contribution in [2.45, 2.75) is 32.6 Å². The molecule has 0 heterocycles. The van der Waals surface area contributed by atoms with Gasteiger partial charge in [0.25, 0.3) is 0 Å². The lowest BCUT2D eigenvalue weighted by Gasteiger charge is -2.13. The molecule has 0 aliphatic heterocycles. The van der Waals surface area contributed by atoms with Gasteiger partial charge in [-0.25, -0.2) is 0 Å². The third-order valence-electron chi connectivity index (χ3n) is 3.39. The van der Waals surface area contributed by atoms with Crippen LogP contribution in [0.3, 0.4) is 0 Å². The van der Waals surface area contributed by atoms with E-state index in [2.05, 4.69) is 47.2 Å². The van der Waals surface area contributed by atoms with E-state index in [9.17, 15) is 4.79 Å². The number of hydrogen-bond acceptors (Lipinski definition) is 1. The second kappa shape index (κ2) is 7.41. The molecule has 0 saturated heterocycles. The Kier molecular flexibility index (Phi) is 5.57. The Morgan fingerprint density at radius 1 is 1.14 bits per heavy atom. The van der Waals surface area contributed by atoms with Crippen LogP contribution in [0.2, 0.25) is 0 Å². The highest BCUT2D eigenvalue weighted by Crippen LogP contribution is 2.24. The van der Waals surface area contributed by atoms with Gasteiger partial charge in [-0.3, -0.25) is 4.79 Å². The molecule has 0 radical (unpaired) electrons. The first-order valence-corrected chi connectivity index (χ1v) is 7.99. The van der Waals surface area contributed by atoms with Gasteiger partial charge in [0.15, 0.2) is 0 Å². The average Bonchev–Trinajstić information content (AvgIpc) is 2.45. The van der Waals surface area contributed by atoms with E-state index in [-0.39, 0.29) is 5.91 Å². The number of nitrogens with one attached hydrogen (secondary N) is 1. The molecule has 1 amide bonds. The van der Waals surface area contributed by atoms with Crippen LogP contribution >= 0.6 is 15.9 Å². The number of hydrogen-bond donors (Lipinski definition) is 1. The summed E-state index contributed by atoms with van der Waals surface area (Å²) in [5, 5.41) is 3.03. The van der Waals surface area contributed by atoms with Gasteiger partial charge in [0.1, 0.15) is 0 Å². The summed E-state index contributed by atoms with van der Waals surface area (Å²) in [5.74, 6) is 0.453. The maximum atomic E-state index is 12.1. The van der Waals surface area contributed by atoms with Crippen molar-refractivity contribution in [2.24, 2.45) is 0 Å². The van der Waals surface area contributed by atoms with E-state index in [1.165, 1.54) is 5.56 Å². The summed E-state index contributed by atoms with van der Waals surface area (Å²) in [4.78, 5) is 12.1. The van der Waals surface area contributed by atoms with E-state index in [4.69, 9.17) is 0 Å². The molecule has 1 N–H and O–H groups in total. The van der Waals surface area contributed by atoms with Gasteiger partial charge in [-0.1, -0.05) is 60.1 Å². The van der Waals surface area contributed by atoms with Gasteiger partial charge in [0, 0.05) is 16.6 Å². The first kappa shape index (κ1) is 15.8. The number of halogens is 1. The molecule has 2 rings (SSSR count). The smallest absolute Gasteiger partial charge is 0.224 e. The number of amides is 1. The van der Waals surface area contributed by atoms with Crippen LogP contribution in [-0.4, -0.2) is 5.91 Å². The first-order valence-electron chi connectivity index (χ1n) is 7.19. The largest absolute Gasteiger partial charge is 0.326 e. The van der Waals surface area contributed by atoms with Gasteiger partial charge in [-0.05, 0) is 41.7 Å². The molecule has 0 aromatic heterocycles. The summed E-state index contributed by atoms with van der Waals surface area (Å²) in [6.45, 7) is 4.26. The highest BCUT2D eigenvalue weighted by Gasteiger charge is 2.09. The van der Waals surface area contributed by atoms with Crippen LogP contribution in [0.15, 0.2) is 53.0 Å². The monoisotopic (exact) mass is 345 g/mol. The summed E-state index contributed by atoms with van der Waals surface area (Å²) >= 11 is 3.45. The lowest BCUT2D eigenvalue weighted by Crippen LogP contribution is -2.14. The molecule has 0 spiro atoms. The van der Waals surface area contributed by atoms with Crippen LogP contribution in [0.5, 0.6) is 0 Å². The fraction of sp³-hybridized carbons (Fsp3) is 0.278. The van der Waals surface area contributed by atoms with Crippen molar-refractivity contribution in [3.63, 3.8) is 0 Å². The molecular weight excluding hydrogens is 326 g/mol. The fourth-order valence-corrected chi connectivity index (χ4v) is 2.72. The summed E-state index contributed by atoms with van der Waals surface area (Å²) in [6.07, 6.45) is 1.23. The normalized spacial score (nSPS) is 10.7. The van der Waals surface area contributed by atoms with Gasteiger partial charge in [-0.2, -0.15) is 0 Å². The quantitative estimate of drug-likeness (QED) is 0.798. The van der Waals surface area contributed by atoms with Crippen LogP contribution in [0.25, 0.3) is 0 Å². The third-order valence-corrected chi connectivity index (χ3v) is 3.88. The maximum Gasteiger partial charge on any atom is 0.224 e. The Bertz CT molecular complexity index is 622. The van der Waals surface area contributed by atoms with Crippen molar-refractivity contribution in [1.82, 2.24) is 0 Å². The topological polar surface area (TPSA) is 29.1 Å². The zero-order valence-electron chi connectivity index (χ0n) is 12.4. The minimum absolute atomic E-state index is 0.0584. The van der Waals surface area contributed by atoms with E-state index >= 15 is 0 Å². The number of benzene rings is 2. The molecule has 2 aromatic carbocycles. The molecule has 0 unspecified atom stereocenters. The molecule has 2 aromatic rings. The summed E-state index contributed by atoms with van der Waals surface area (Å²) in [6, 6.07) is 16.1. The minimum Gasteiger partial charge on any atom is -0.326 e. The van der Waals surface area contributed by atoms with Gasteiger partial charge in [0.05, 0.1) is 0 Å². The molecular formula is C18H20BrNO. The Labute approximate surface area is 134 Å². The molecule has 2 nitrogen and oxygen atoms in total. The third kappa shape index (κ3) is 4.71. The SMILES string of the molecule is CC(C)c1ccccc1NC(=O)CCc1cccc(Br)c1. The predicted molar refractivity (Wildman–Crippen MR) is 91.6 cm³/mol. The Hall–Kier alpha value is -1.61. The number of rotatable bonds is 5. The predicted octanol–water partition coefficient (Wildman–Crippen LogP) is 5.14. The number of carbonyl (C=O) groups is 1. The van der Waals surface area contributed by atoms with Crippen molar-refractivity contribution in [1.29, 1.82) is 0 Å². The summed E-state index contributed by atoms with van der Waals surface area (Å²) in [5.41, 5.74) is 3.26. The Morgan fingerprint density at radius 2 is 1.90 bits per heavy atom. The van der Waals surface area contributed by atoms with E-state index in [0.29, 0.717) is 12.3 Å². The van der Waals surface area contributed by atoms with Crippen molar-refractivity contribution < 1.29 is 4.79 Å². The van der Waals surface area contributed by atoms with Crippen molar-refractivity contribution in [3.8, 4) is 0 Å². The van der Waals surface area contributed by atoms with Crippen molar-refractivity contribution in [3.05, 3.63) is 64.1 Å². The lowest BCUT2D eigenvalue weighted by atomic mass is 10.0. The standard InChI is InChI=1S/C18H20BrNO/c1-13(2)16-8-3-4-9-17(16)20-18(21)11-10-14-6-5-7-15(19)12-14/h3-9,12-13H,10-11H2,1-2H3,(H,20,21). The highest BCUT2D eigenvalue weighted by molar-refractivity contribution is 9.10. The Balaban J connectivity index is 1.96. The molecule has 3 heteroatoms. The zero-order valence-corrected chi connectivity index (χ0v) is 14.0. The minimum atomic E-state index is 0.0584. The molecule has 0 atom stereocenters. The number of para-hydroxylation sites is 1. The van der Waals surface area contributed by atoms with Crippen LogP contribution in [-0.2, 0) is 11.2 Å². The van der Waals surface area contributed by atoms with Gasteiger partial charge >= 0.3 is 0 Å². The Morgan fingerprint density at radius 3 is 2.62 bits per heavy atom. The maximum absolute atomic E-state index is 12.1. The van der Waals surface area contributed by atoms with Gasteiger partial charge < -0.3 is 5.32 Å². The van der Waals surface area contributed by atoms with Gasteiger partial charge in [-0.15, -0.1) is 0 Å². The average molecular weight is 346 g/mol. The second-order valence-electron chi connectivity index (χ2n) is 5.42. The van der Waals surface area contributed by atoms with E-state index in [1.54, 1.807) is 0 Å². The molecule has 110 valence electrons. The van der Waals surface area contributed by atoms with Crippen LogP contribution < -0.4 is 5.32 Å². The number of anilines is 1. The second-order valence-corrected chi connectivity index (χ2v) is 6.34. The molecule has 0 aliphatic rings. The number of aryl methyl sites for hydroxylation is 1. The van der Waals surface area contributed by atoms with Crippen molar-refractivity contribution in [2.75, 3.05) is 5.32 Å². The molecule has 0 aliphatic carbocycles. The molecule has 21 heavy (non-hydrogen) atoms. The van der Waals surface area contributed by atoms with Gasteiger partial charge in [0.2, 0.25) is 5.91 Å². The molecule has 0 fully saturated rings. The van der Waals surface area contributed by atoms with Crippen molar-refractivity contribution >= 4 is 27.5 Å².